The normalized spacial score (nSPS) is 18.3. The van der Waals surface area contributed by atoms with Gasteiger partial charge in [0.1, 0.15) is 11.5 Å². The molecule has 2 rings (SSSR count). The maximum atomic E-state index is 5.59. The largest absolute Gasteiger partial charge is 0.497 e. The van der Waals surface area contributed by atoms with Gasteiger partial charge in [-0.05, 0) is 24.7 Å². The molecule has 1 atom stereocenters. The summed E-state index contributed by atoms with van der Waals surface area (Å²) in [4.78, 5) is 2.46. The third-order valence-corrected chi connectivity index (χ3v) is 3.90. The van der Waals surface area contributed by atoms with Gasteiger partial charge in [-0.15, -0.1) is 0 Å². The monoisotopic (exact) mass is 264 g/mol. The lowest BCUT2D eigenvalue weighted by Crippen LogP contribution is -2.39. The van der Waals surface area contributed by atoms with Crippen LogP contribution < -0.4 is 14.8 Å². The van der Waals surface area contributed by atoms with Crippen molar-refractivity contribution < 1.29 is 9.47 Å². The maximum Gasteiger partial charge on any atom is 0.127 e. The molecule has 1 N–H and O–H groups in total. The van der Waals surface area contributed by atoms with E-state index in [0.29, 0.717) is 6.04 Å². The van der Waals surface area contributed by atoms with Crippen molar-refractivity contribution in [2.75, 3.05) is 33.9 Å². The summed E-state index contributed by atoms with van der Waals surface area (Å²) in [5.74, 6) is 1.80. The molecule has 1 heterocycles. The van der Waals surface area contributed by atoms with Gasteiger partial charge < -0.3 is 14.8 Å². The molecule has 0 amide bonds. The molecule has 1 aromatic rings. The van der Waals surface area contributed by atoms with Crippen molar-refractivity contribution in [1.82, 2.24) is 10.2 Å². The molecule has 0 bridgehead atoms. The first-order valence-corrected chi connectivity index (χ1v) is 6.94. The maximum absolute atomic E-state index is 5.59. The van der Waals surface area contributed by atoms with Crippen LogP contribution in [0.15, 0.2) is 12.1 Å². The van der Waals surface area contributed by atoms with Crippen molar-refractivity contribution in [3.05, 3.63) is 23.3 Å². The fourth-order valence-electron chi connectivity index (χ4n) is 2.89. The zero-order valence-corrected chi connectivity index (χ0v) is 12.3. The molecule has 1 aromatic carbocycles. The molecule has 0 aromatic heterocycles. The van der Waals surface area contributed by atoms with E-state index >= 15 is 0 Å². The number of hydrogen-bond acceptors (Lipinski definition) is 4. The van der Waals surface area contributed by atoms with Crippen molar-refractivity contribution in [1.29, 1.82) is 0 Å². The summed E-state index contributed by atoms with van der Waals surface area (Å²) >= 11 is 0. The minimum absolute atomic E-state index is 0.375. The number of benzene rings is 1. The number of rotatable bonds is 5. The zero-order valence-electron chi connectivity index (χ0n) is 12.3. The van der Waals surface area contributed by atoms with Crippen LogP contribution in [0.4, 0.5) is 0 Å². The zero-order chi connectivity index (χ0) is 13.8. The summed E-state index contributed by atoms with van der Waals surface area (Å²) in [6, 6.07) is 4.47. The Morgan fingerprint density at radius 2 is 1.95 bits per heavy atom. The Hall–Kier alpha value is -1.26. The highest BCUT2D eigenvalue weighted by Crippen LogP contribution is 2.37. The Bertz CT molecular complexity index is 413. The SMILES string of the molecule is CCN(CC)[C@H]1CNCc2cc(OC)cc(OC)c21. The van der Waals surface area contributed by atoms with E-state index in [1.807, 2.05) is 6.07 Å². The highest BCUT2D eigenvalue weighted by Gasteiger charge is 2.28. The molecule has 106 valence electrons. The molecule has 0 saturated carbocycles. The van der Waals surface area contributed by atoms with E-state index in [0.717, 1.165) is 37.7 Å². The standard InChI is InChI=1S/C15H24N2O2/c1-5-17(6-2)13-10-16-9-11-7-12(18-3)8-14(19-4)15(11)13/h7-8,13,16H,5-6,9-10H2,1-4H3/t13-/m0/s1. The number of methoxy groups -OCH3 is 2. The smallest absolute Gasteiger partial charge is 0.127 e. The number of nitrogens with zero attached hydrogens (tertiary/aromatic N) is 1. The number of likely N-dealkylation sites (N-methyl/N-ethyl adjacent to an activating group) is 1. The summed E-state index contributed by atoms with van der Waals surface area (Å²) in [7, 11) is 3.43. The summed E-state index contributed by atoms with van der Waals surface area (Å²) in [5, 5.41) is 3.49. The number of ether oxygens (including phenoxy) is 2. The van der Waals surface area contributed by atoms with Crippen LogP contribution in [0.25, 0.3) is 0 Å². The molecule has 0 aliphatic carbocycles. The van der Waals surface area contributed by atoms with Crippen LogP contribution in [0, 0.1) is 0 Å². The molecular weight excluding hydrogens is 240 g/mol. The lowest BCUT2D eigenvalue weighted by molar-refractivity contribution is 0.199. The molecule has 0 radical (unpaired) electrons. The first-order chi connectivity index (χ1) is 9.24. The Kier molecular flexibility index (Phi) is 4.66. The van der Waals surface area contributed by atoms with E-state index in [2.05, 4.69) is 30.1 Å². The van der Waals surface area contributed by atoms with Crippen LogP contribution in [0.3, 0.4) is 0 Å². The molecule has 4 heteroatoms. The van der Waals surface area contributed by atoms with Crippen molar-refractivity contribution in [2.45, 2.75) is 26.4 Å². The second-order valence-corrected chi connectivity index (χ2v) is 4.77. The van der Waals surface area contributed by atoms with E-state index in [1.165, 1.54) is 11.1 Å². The Balaban J connectivity index is 2.47. The topological polar surface area (TPSA) is 33.7 Å². The van der Waals surface area contributed by atoms with E-state index in [9.17, 15) is 0 Å². The predicted octanol–water partition coefficient (Wildman–Crippen LogP) is 2.19. The first kappa shape index (κ1) is 14.2. The molecule has 0 saturated heterocycles. The Morgan fingerprint density at radius 3 is 2.53 bits per heavy atom. The first-order valence-electron chi connectivity index (χ1n) is 6.94. The molecule has 19 heavy (non-hydrogen) atoms. The van der Waals surface area contributed by atoms with Crippen LogP contribution >= 0.6 is 0 Å². The molecule has 1 aliphatic rings. The lowest BCUT2D eigenvalue weighted by atomic mass is 9.94. The minimum atomic E-state index is 0.375. The molecular formula is C15H24N2O2. The van der Waals surface area contributed by atoms with E-state index < -0.39 is 0 Å². The highest BCUT2D eigenvalue weighted by atomic mass is 16.5. The van der Waals surface area contributed by atoms with E-state index in [4.69, 9.17) is 9.47 Å². The van der Waals surface area contributed by atoms with Crippen LogP contribution in [0.1, 0.15) is 31.0 Å². The van der Waals surface area contributed by atoms with Crippen molar-refractivity contribution in [3.63, 3.8) is 0 Å². The quantitative estimate of drug-likeness (QED) is 0.884. The van der Waals surface area contributed by atoms with E-state index in [-0.39, 0.29) is 0 Å². The molecule has 4 nitrogen and oxygen atoms in total. The summed E-state index contributed by atoms with van der Waals surface area (Å²) < 4.78 is 10.9. The fourth-order valence-corrected chi connectivity index (χ4v) is 2.89. The van der Waals surface area contributed by atoms with Crippen LogP contribution in [0.2, 0.25) is 0 Å². The third-order valence-electron chi connectivity index (χ3n) is 3.90. The van der Waals surface area contributed by atoms with Crippen LogP contribution in [-0.4, -0.2) is 38.8 Å². The van der Waals surface area contributed by atoms with Crippen LogP contribution in [-0.2, 0) is 6.54 Å². The molecule has 0 spiro atoms. The van der Waals surface area contributed by atoms with Crippen molar-refractivity contribution >= 4 is 0 Å². The van der Waals surface area contributed by atoms with Gasteiger partial charge in [-0.2, -0.15) is 0 Å². The number of nitrogens with one attached hydrogen (secondary N) is 1. The molecule has 0 fully saturated rings. The van der Waals surface area contributed by atoms with Gasteiger partial charge in [-0.3, -0.25) is 4.90 Å². The number of hydrogen-bond donors (Lipinski definition) is 1. The Labute approximate surface area is 115 Å². The summed E-state index contributed by atoms with van der Waals surface area (Å²) in [5.41, 5.74) is 2.59. The van der Waals surface area contributed by atoms with Crippen molar-refractivity contribution in [2.24, 2.45) is 0 Å². The molecule has 1 aliphatic heterocycles. The van der Waals surface area contributed by atoms with Gasteiger partial charge in [0.25, 0.3) is 0 Å². The predicted molar refractivity (Wildman–Crippen MR) is 76.9 cm³/mol. The summed E-state index contributed by atoms with van der Waals surface area (Å²) in [6.07, 6.45) is 0. The Morgan fingerprint density at radius 1 is 1.21 bits per heavy atom. The van der Waals surface area contributed by atoms with Gasteiger partial charge in [-0.25, -0.2) is 0 Å². The van der Waals surface area contributed by atoms with Gasteiger partial charge in [0.15, 0.2) is 0 Å². The van der Waals surface area contributed by atoms with Crippen LogP contribution in [0.5, 0.6) is 11.5 Å². The van der Waals surface area contributed by atoms with Gasteiger partial charge in [-0.1, -0.05) is 13.8 Å². The number of fused-ring (bicyclic) bond motifs is 1. The average Bonchev–Trinajstić information content (AvgIpc) is 2.47. The second kappa shape index (κ2) is 6.26. The van der Waals surface area contributed by atoms with Gasteiger partial charge in [0, 0.05) is 24.7 Å². The van der Waals surface area contributed by atoms with E-state index in [1.54, 1.807) is 14.2 Å². The highest BCUT2D eigenvalue weighted by molar-refractivity contribution is 5.49. The van der Waals surface area contributed by atoms with Gasteiger partial charge in [0.05, 0.1) is 20.3 Å². The van der Waals surface area contributed by atoms with Gasteiger partial charge in [0.2, 0.25) is 0 Å². The second-order valence-electron chi connectivity index (χ2n) is 4.77. The third kappa shape index (κ3) is 2.69. The molecule has 0 unspecified atom stereocenters. The van der Waals surface area contributed by atoms with Gasteiger partial charge >= 0.3 is 0 Å². The minimum Gasteiger partial charge on any atom is -0.497 e. The average molecular weight is 264 g/mol. The summed E-state index contributed by atoms with van der Waals surface area (Å²) in [6.45, 7) is 8.33. The fraction of sp³-hybridized carbons (Fsp3) is 0.600. The lowest BCUT2D eigenvalue weighted by Gasteiger charge is -2.36. The van der Waals surface area contributed by atoms with Crippen molar-refractivity contribution in [3.8, 4) is 11.5 Å².